The van der Waals surface area contributed by atoms with Crippen LogP contribution in [0, 0.1) is 33.8 Å². The second kappa shape index (κ2) is 4.96. The van der Waals surface area contributed by atoms with Crippen molar-refractivity contribution in [1.82, 2.24) is 0 Å². The van der Waals surface area contributed by atoms with Gasteiger partial charge in [0, 0.05) is 12.0 Å². The van der Waals surface area contributed by atoms with Crippen LogP contribution in [0.5, 0.6) is 0 Å². The van der Waals surface area contributed by atoms with Crippen LogP contribution in [0.2, 0.25) is 0 Å². The molecular weight excluding hydrogens is 232 g/mol. The Morgan fingerprint density at radius 2 is 2.11 bits per heavy atom. The highest BCUT2D eigenvalue weighted by Crippen LogP contribution is 2.28. The topological polar surface area (TPSA) is 84.0 Å². The number of carbonyl (C=O) groups excluding carboxylic acids is 1. The maximum atomic E-state index is 12.0. The van der Waals surface area contributed by atoms with E-state index in [4.69, 9.17) is 5.26 Å². The minimum Gasteiger partial charge on any atom is -0.294 e. The largest absolute Gasteiger partial charge is 0.294 e. The van der Waals surface area contributed by atoms with Crippen molar-refractivity contribution in [3.8, 4) is 6.07 Å². The number of nitro groups is 1. The van der Waals surface area contributed by atoms with Gasteiger partial charge in [0.15, 0.2) is 5.78 Å². The monoisotopic (exact) mass is 246 g/mol. The number of hydrogen-bond donors (Lipinski definition) is 0. The summed E-state index contributed by atoms with van der Waals surface area (Å²) in [5.41, 5.74) is -0.477. The smallest absolute Gasteiger partial charge is 0.283 e. The molecule has 94 valence electrons. The lowest BCUT2D eigenvalue weighted by molar-refractivity contribution is -0.385. The van der Waals surface area contributed by atoms with Crippen molar-refractivity contribution in [3.05, 3.63) is 39.4 Å². The number of aryl methyl sites for hydroxylation is 1. The number of ketones is 1. The maximum absolute atomic E-state index is 12.0. The number of nitro benzene ring substituents is 1. The molecule has 0 aliphatic heterocycles. The van der Waals surface area contributed by atoms with Crippen LogP contribution in [0.4, 0.5) is 5.69 Å². The van der Waals surface area contributed by atoms with Gasteiger partial charge in [-0.05, 0) is 26.8 Å². The van der Waals surface area contributed by atoms with Crippen LogP contribution in [0.1, 0.15) is 36.2 Å². The van der Waals surface area contributed by atoms with E-state index >= 15 is 0 Å². The van der Waals surface area contributed by atoms with Crippen molar-refractivity contribution >= 4 is 11.5 Å². The minimum atomic E-state index is -0.825. The van der Waals surface area contributed by atoms with Crippen LogP contribution < -0.4 is 0 Å². The zero-order chi connectivity index (χ0) is 13.9. The van der Waals surface area contributed by atoms with E-state index in [9.17, 15) is 14.9 Å². The molecule has 1 aromatic carbocycles. The van der Waals surface area contributed by atoms with Crippen LogP contribution in [0.3, 0.4) is 0 Å². The first-order valence-electron chi connectivity index (χ1n) is 5.47. The number of hydrogen-bond acceptors (Lipinski definition) is 4. The number of benzene rings is 1. The van der Waals surface area contributed by atoms with Gasteiger partial charge in [0.1, 0.15) is 0 Å². The molecule has 1 aromatic rings. The Hall–Kier alpha value is -2.22. The van der Waals surface area contributed by atoms with E-state index in [1.165, 1.54) is 6.07 Å². The fourth-order valence-electron chi connectivity index (χ4n) is 1.66. The summed E-state index contributed by atoms with van der Waals surface area (Å²) >= 11 is 0. The Kier molecular flexibility index (Phi) is 3.82. The predicted octanol–water partition coefficient (Wildman–Crippen LogP) is 3.03. The van der Waals surface area contributed by atoms with Gasteiger partial charge >= 0.3 is 0 Å². The molecule has 0 aliphatic carbocycles. The first-order valence-corrected chi connectivity index (χ1v) is 5.47. The van der Waals surface area contributed by atoms with Crippen molar-refractivity contribution in [2.24, 2.45) is 5.41 Å². The third kappa shape index (κ3) is 2.92. The highest BCUT2D eigenvalue weighted by molar-refractivity contribution is 6.00. The van der Waals surface area contributed by atoms with Crippen molar-refractivity contribution in [1.29, 1.82) is 5.26 Å². The number of para-hydroxylation sites is 1. The lowest BCUT2D eigenvalue weighted by Crippen LogP contribution is -2.16. The minimum absolute atomic E-state index is 0.0339. The van der Waals surface area contributed by atoms with E-state index in [-0.39, 0.29) is 23.5 Å². The summed E-state index contributed by atoms with van der Waals surface area (Å²) in [6, 6.07) is 6.64. The number of Topliss-reactive ketones (excluding diaryl/α,β-unsaturated/α-hetero) is 1. The molecule has 0 aromatic heterocycles. The molecule has 5 heteroatoms. The first-order chi connectivity index (χ1) is 8.28. The Balaban J connectivity index is 3.19. The lowest BCUT2D eigenvalue weighted by atomic mass is 9.86. The van der Waals surface area contributed by atoms with Gasteiger partial charge < -0.3 is 0 Å². The molecule has 0 saturated heterocycles. The molecule has 0 N–H and O–H groups in total. The molecule has 0 radical (unpaired) electrons. The zero-order valence-corrected chi connectivity index (χ0v) is 10.6. The van der Waals surface area contributed by atoms with Crippen LogP contribution >= 0.6 is 0 Å². The van der Waals surface area contributed by atoms with Gasteiger partial charge in [-0.25, -0.2) is 0 Å². The fourth-order valence-corrected chi connectivity index (χ4v) is 1.66. The molecular formula is C13H14N2O3. The van der Waals surface area contributed by atoms with E-state index in [0.717, 1.165) is 0 Å². The number of rotatable bonds is 4. The first kappa shape index (κ1) is 13.8. The van der Waals surface area contributed by atoms with Gasteiger partial charge in [-0.3, -0.25) is 14.9 Å². The number of nitriles is 1. The number of nitrogens with zero attached hydrogens (tertiary/aromatic N) is 2. The molecule has 0 aliphatic rings. The Morgan fingerprint density at radius 1 is 1.50 bits per heavy atom. The fraction of sp³-hybridized carbons (Fsp3) is 0.385. The Bertz CT molecular complexity index is 542. The average Bonchev–Trinajstić information content (AvgIpc) is 2.27. The third-order valence-corrected chi connectivity index (χ3v) is 2.63. The van der Waals surface area contributed by atoms with Gasteiger partial charge in [-0.2, -0.15) is 5.26 Å². The van der Waals surface area contributed by atoms with Gasteiger partial charge in [0.2, 0.25) is 0 Å². The molecule has 0 saturated carbocycles. The summed E-state index contributed by atoms with van der Waals surface area (Å²) in [4.78, 5) is 22.5. The van der Waals surface area contributed by atoms with Crippen LogP contribution in [0.15, 0.2) is 18.2 Å². The highest BCUT2D eigenvalue weighted by atomic mass is 16.6. The van der Waals surface area contributed by atoms with E-state index in [1.807, 2.05) is 6.07 Å². The van der Waals surface area contributed by atoms with E-state index in [1.54, 1.807) is 32.9 Å². The summed E-state index contributed by atoms with van der Waals surface area (Å²) in [6.45, 7) is 4.85. The number of carbonyl (C=O) groups is 1. The summed E-state index contributed by atoms with van der Waals surface area (Å²) in [7, 11) is 0. The van der Waals surface area contributed by atoms with E-state index in [2.05, 4.69) is 0 Å². The molecule has 0 unspecified atom stereocenters. The van der Waals surface area contributed by atoms with Crippen molar-refractivity contribution < 1.29 is 9.72 Å². The normalized spacial score (nSPS) is 10.8. The molecule has 0 heterocycles. The van der Waals surface area contributed by atoms with E-state index < -0.39 is 10.3 Å². The zero-order valence-electron chi connectivity index (χ0n) is 10.6. The van der Waals surface area contributed by atoms with Crippen molar-refractivity contribution in [2.45, 2.75) is 27.2 Å². The summed E-state index contributed by atoms with van der Waals surface area (Å²) in [6.07, 6.45) is -0.0339. The summed E-state index contributed by atoms with van der Waals surface area (Å²) in [5, 5.41) is 19.9. The van der Waals surface area contributed by atoms with Gasteiger partial charge in [-0.15, -0.1) is 0 Å². The standard InChI is InChI=1S/C13H14N2O3/c1-9-5-4-6-10(12(9)15(17)18)11(16)7-13(2,3)8-14/h4-6H,7H2,1-3H3. The molecule has 0 atom stereocenters. The van der Waals surface area contributed by atoms with Crippen LogP contribution in [-0.2, 0) is 0 Å². The van der Waals surface area contributed by atoms with E-state index in [0.29, 0.717) is 5.56 Å². The molecule has 0 spiro atoms. The Labute approximate surface area is 105 Å². The molecule has 0 amide bonds. The molecule has 1 rings (SSSR count). The Morgan fingerprint density at radius 3 is 2.61 bits per heavy atom. The summed E-state index contributed by atoms with van der Waals surface area (Å²) in [5.74, 6) is -0.378. The van der Waals surface area contributed by atoms with Crippen LogP contribution in [0.25, 0.3) is 0 Å². The average molecular weight is 246 g/mol. The van der Waals surface area contributed by atoms with Gasteiger partial charge in [0.05, 0.1) is 22.0 Å². The molecule has 0 fully saturated rings. The SMILES string of the molecule is Cc1cccc(C(=O)CC(C)(C)C#N)c1[N+](=O)[O-]. The quantitative estimate of drug-likeness (QED) is 0.464. The third-order valence-electron chi connectivity index (χ3n) is 2.63. The molecule has 5 nitrogen and oxygen atoms in total. The molecule has 0 bridgehead atoms. The second-order valence-electron chi connectivity index (χ2n) is 4.82. The highest BCUT2D eigenvalue weighted by Gasteiger charge is 2.27. The van der Waals surface area contributed by atoms with Crippen molar-refractivity contribution in [3.63, 3.8) is 0 Å². The second-order valence-corrected chi connectivity index (χ2v) is 4.82. The van der Waals surface area contributed by atoms with Gasteiger partial charge in [-0.1, -0.05) is 12.1 Å². The predicted molar refractivity (Wildman–Crippen MR) is 66.2 cm³/mol. The van der Waals surface area contributed by atoms with Gasteiger partial charge in [0.25, 0.3) is 5.69 Å². The molecule has 18 heavy (non-hydrogen) atoms. The lowest BCUT2D eigenvalue weighted by Gasteiger charge is -2.13. The van der Waals surface area contributed by atoms with Crippen LogP contribution in [-0.4, -0.2) is 10.7 Å². The maximum Gasteiger partial charge on any atom is 0.283 e. The summed E-state index contributed by atoms with van der Waals surface area (Å²) < 4.78 is 0. The van der Waals surface area contributed by atoms with Crippen molar-refractivity contribution in [2.75, 3.05) is 0 Å².